The number of hydrogen-bond donors (Lipinski definition) is 3. The summed E-state index contributed by atoms with van der Waals surface area (Å²) in [6.45, 7) is 0. The quantitative estimate of drug-likeness (QED) is 0.439. The molecule has 1 aromatic rings. The molecule has 7 heteroatoms. The Morgan fingerprint density at radius 3 is 2.75 bits per heavy atom. The van der Waals surface area contributed by atoms with Gasteiger partial charge in [0.05, 0.1) is 10.7 Å². The molecule has 0 atom stereocenters. The Morgan fingerprint density at radius 2 is 2.19 bits per heavy atom. The van der Waals surface area contributed by atoms with Crippen LogP contribution in [0.2, 0.25) is 10.0 Å². The van der Waals surface area contributed by atoms with E-state index >= 15 is 0 Å². The fourth-order valence-corrected chi connectivity index (χ4v) is 1.18. The first-order valence-electron chi connectivity index (χ1n) is 4.08. The van der Waals surface area contributed by atoms with Crippen LogP contribution in [0, 0.1) is 16.7 Å². The van der Waals surface area contributed by atoms with Gasteiger partial charge in [0.1, 0.15) is 6.07 Å². The molecular weight excluding hydrogens is 249 g/mol. The third-order valence-electron chi connectivity index (χ3n) is 1.58. The molecule has 0 aliphatic carbocycles. The van der Waals surface area contributed by atoms with Gasteiger partial charge in [0.25, 0.3) is 0 Å². The van der Waals surface area contributed by atoms with Crippen LogP contribution in [0.5, 0.6) is 0 Å². The smallest absolute Gasteiger partial charge is 0.201 e. The first kappa shape index (κ1) is 12.3. The van der Waals surface area contributed by atoms with Gasteiger partial charge in [-0.15, -0.1) is 0 Å². The molecule has 0 aliphatic rings. The molecule has 4 N–H and O–H groups in total. The third-order valence-corrected chi connectivity index (χ3v) is 2.14. The molecule has 16 heavy (non-hydrogen) atoms. The summed E-state index contributed by atoms with van der Waals surface area (Å²) in [5, 5.41) is 20.1. The summed E-state index contributed by atoms with van der Waals surface area (Å²) >= 11 is 11.6. The number of anilines is 1. The van der Waals surface area contributed by atoms with E-state index < -0.39 is 5.84 Å². The van der Waals surface area contributed by atoms with E-state index in [1.54, 1.807) is 24.3 Å². The highest BCUT2D eigenvalue weighted by atomic mass is 35.5. The monoisotopic (exact) mass is 255 g/mol. The van der Waals surface area contributed by atoms with Crippen molar-refractivity contribution in [3.63, 3.8) is 0 Å². The fourth-order valence-electron chi connectivity index (χ4n) is 0.845. The minimum absolute atomic E-state index is 0.226. The normalized spacial score (nSPS) is 10.7. The minimum Gasteiger partial charge on any atom is -0.382 e. The van der Waals surface area contributed by atoms with E-state index in [2.05, 4.69) is 10.5 Å². The number of nitrogens with one attached hydrogen (secondary N) is 2. The Balaban J connectivity index is 2.94. The molecule has 1 rings (SSSR count). The van der Waals surface area contributed by atoms with Crippen LogP contribution < -0.4 is 11.2 Å². The molecule has 0 radical (unpaired) electrons. The van der Waals surface area contributed by atoms with Gasteiger partial charge in [-0.2, -0.15) is 10.4 Å². The SMILES string of the molecule is N#C/C(=N\Nc1cc(Cl)ccc1Cl)C(=N)N. The topological polar surface area (TPSA) is 98.0 Å². The van der Waals surface area contributed by atoms with E-state index in [1.807, 2.05) is 0 Å². The lowest BCUT2D eigenvalue weighted by Gasteiger charge is -2.03. The van der Waals surface area contributed by atoms with Crippen LogP contribution in [-0.4, -0.2) is 11.5 Å². The molecule has 1 aromatic carbocycles. The Morgan fingerprint density at radius 1 is 1.50 bits per heavy atom. The maximum atomic E-state index is 8.60. The lowest BCUT2D eigenvalue weighted by molar-refractivity contribution is 1.33. The number of amidine groups is 1. The Labute approximate surface area is 102 Å². The van der Waals surface area contributed by atoms with Crippen molar-refractivity contribution < 1.29 is 0 Å². The van der Waals surface area contributed by atoms with Crippen LogP contribution >= 0.6 is 23.2 Å². The van der Waals surface area contributed by atoms with Crippen LogP contribution in [0.25, 0.3) is 0 Å². The average molecular weight is 256 g/mol. The Kier molecular flexibility index (Phi) is 4.11. The van der Waals surface area contributed by atoms with Gasteiger partial charge in [-0.1, -0.05) is 23.2 Å². The van der Waals surface area contributed by atoms with Gasteiger partial charge in [0, 0.05) is 5.02 Å². The molecule has 0 spiro atoms. The van der Waals surface area contributed by atoms with Crippen molar-refractivity contribution in [3.05, 3.63) is 28.2 Å². The third kappa shape index (κ3) is 3.12. The molecule has 0 amide bonds. The predicted octanol–water partition coefficient (Wildman–Crippen LogP) is 2.22. The van der Waals surface area contributed by atoms with E-state index in [0.29, 0.717) is 15.7 Å². The standard InChI is InChI=1S/C9H7Cl2N5/c10-5-1-2-6(11)7(3-5)15-16-8(4-12)9(13)14/h1-3,15H,(H3,13,14)/b16-8+. The molecule has 0 heterocycles. The van der Waals surface area contributed by atoms with E-state index in [-0.39, 0.29) is 5.71 Å². The summed E-state index contributed by atoms with van der Waals surface area (Å²) in [5.74, 6) is -0.423. The van der Waals surface area contributed by atoms with E-state index in [1.165, 1.54) is 0 Å². The van der Waals surface area contributed by atoms with Crippen LogP contribution in [0.4, 0.5) is 5.69 Å². The highest BCUT2D eigenvalue weighted by Gasteiger charge is 2.03. The predicted molar refractivity (Wildman–Crippen MR) is 65.0 cm³/mol. The summed E-state index contributed by atoms with van der Waals surface area (Å²) < 4.78 is 0. The highest BCUT2D eigenvalue weighted by molar-refractivity contribution is 6.46. The number of nitriles is 1. The van der Waals surface area contributed by atoms with E-state index in [0.717, 1.165) is 0 Å². The fraction of sp³-hybridized carbons (Fsp3) is 0. The van der Waals surface area contributed by atoms with Gasteiger partial charge in [-0.05, 0) is 18.2 Å². The summed E-state index contributed by atoms with van der Waals surface area (Å²) in [7, 11) is 0. The van der Waals surface area contributed by atoms with Gasteiger partial charge in [-0.25, -0.2) is 0 Å². The first-order chi connectivity index (χ1) is 7.54. The molecule has 0 bridgehead atoms. The lowest BCUT2D eigenvalue weighted by Crippen LogP contribution is -2.21. The number of rotatable bonds is 3. The van der Waals surface area contributed by atoms with Gasteiger partial charge < -0.3 is 5.73 Å². The number of nitrogens with zero attached hydrogens (tertiary/aromatic N) is 2. The zero-order chi connectivity index (χ0) is 12.1. The Hall–Kier alpha value is -1.77. The van der Waals surface area contributed by atoms with Crippen molar-refractivity contribution in [1.82, 2.24) is 0 Å². The second kappa shape index (κ2) is 5.35. The van der Waals surface area contributed by atoms with Gasteiger partial charge in [0.15, 0.2) is 5.84 Å². The van der Waals surface area contributed by atoms with Crippen molar-refractivity contribution in [2.45, 2.75) is 0 Å². The van der Waals surface area contributed by atoms with Crippen LogP contribution in [0.3, 0.4) is 0 Å². The second-order valence-electron chi connectivity index (χ2n) is 2.72. The van der Waals surface area contributed by atoms with Gasteiger partial charge in [0.2, 0.25) is 5.71 Å². The summed E-state index contributed by atoms with van der Waals surface area (Å²) in [6, 6.07) is 6.42. The zero-order valence-electron chi connectivity index (χ0n) is 7.96. The van der Waals surface area contributed by atoms with Crippen LogP contribution in [0.1, 0.15) is 0 Å². The number of halogens is 2. The van der Waals surface area contributed by atoms with E-state index in [9.17, 15) is 0 Å². The molecule has 0 aromatic heterocycles. The van der Waals surface area contributed by atoms with Crippen LogP contribution in [0.15, 0.2) is 23.3 Å². The first-order valence-corrected chi connectivity index (χ1v) is 4.83. The summed E-state index contributed by atoms with van der Waals surface area (Å²) in [4.78, 5) is 0. The zero-order valence-corrected chi connectivity index (χ0v) is 9.47. The molecule has 0 unspecified atom stereocenters. The van der Waals surface area contributed by atoms with E-state index in [4.69, 9.17) is 39.6 Å². The summed E-state index contributed by atoms with van der Waals surface area (Å²) in [5.41, 5.74) is 7.83. The number of nitrogens with two attached hydrogens (primary N) is 1. The van der Waals surface area contributed by atoms with Crippen molar-refractivity contribution in [2.75, 3.05) is 5.43 Å². The molecule has 82 valence electrons. The minimum atomic E-state index is -0.423. The summed E-state index contributed by atoms with van der Waals surface area (Å²) in [6.07, 6.45) is 0. The number of hydrogen-bond acceptors (Lipinski definition) is 4. The molecule has 5 nitrogen and oxygen atoms in total. The average Bonchev–Trinajstić information content (AvgIpc) is 2.23. The van der Waals surface area contributed by atoms with Crippen molar-refractivity contribution in [1.29, 1.82) is 10.7 Å². The largest absolute Gasteiger partial charge is 0.382 e. The Bertz CT molecular complexity index is 489. The van der Waals surface area contributed by atoms with Gasteiger partial charge >= 0.3 is 0 Å². The molecule has 0 aliphatic heterocycles. The number of hydrazone groups is 1. The lowest BCUT2D eigenvalue weighted by atomic mass is 10.3. The van der Waals surface area contributed by atoms with Gasteiger partial charge in [-0.3, -0.25) is 10.8 Å². The molecule has 0 fully saturated rings. The molecular formula is C9H7Cl2N5. The maximum absolute atomic E-state index is 8.60. The molecule has 0 saturated heterocycles. The highest BCUT2D eigenvalue weighted by Crippen LogP contribution is 2.25. The van der Waals surface area contributed by atoms with Crippen molar-refractivity contribution >= 4 is 40.4 Å². The van der Waals surface area contributed by atoms with Crippen LogP contribution in [-0.2, 0) is 0 Å². The van der Waals surface area contributed by atoms with Crippen molar-refractivity contribution in [2.24, 2.45) is 10.8 Å². The maximum Gasteiger partial charge on any atom is 0.201 e. The number of benzene rings is 1. The second-order valence-corrected chi connectivity index (χ2v) is 3.57. The molecule has 0 saturated carbocycles. The van der Waals surface area contributed by atoms with Crippen molar-refractivity contribution in [3.8, 4) is 6.07 Å².